The highest BCUT2D eigenvalue weighted by Gasteiger charge is 2.40. The monoisotopic (exact) mass is 474 g/mol. The van der Waals surface area contributed by atoms with Crippen LogP contribution in [0.1, 0.15) is 140 Å². The van der Waals surface area contributed by atoms with Gasteiger partial charge in [-0.2, -0.15) is 0 Å². The van der Waals surface area contributed by atoms with E-state index in [0.29, 0.717) is 0 Å². The molecule has 3 nitrogen and oxygen atoms in total. The van der Waals surface area contributed by atoms with Gasteiger partial charge in [0.1, 0.15) is 0 Å². The molecule has 2 rings (SSSR count). The van der Waals surface area contributed by atoms with Gasteiger partial charge in [0.25, 0.3) is 5.97 Å². The van der Waals surface area contributed by atoms with Crippen LogP contribution in [0.4, 0.5) is 0 Å². The number of methoxy groups -OCH3 is 3. The Balaban J connectivity index is 1.96. The van der Waals surface area contributed by atoms with E-state index in [9.17, 15) is 0 Å². The van der Waals surface area contributed by atoms with Crippen molar-refractivity contribution in [2.75, 3.05) is 21.3 Å². The maximum atomic E-state index is 5.81. The van der Waals surface area contributed by atoms with Crippen molar-refractivity contribution in [3.8, 4) is 0 Å². The average Bonchev–Trinajstić information content (AvgIpc) is 2.89. The predicted octanol–water partition coefficient (Wildman–Crippen LogP) is 9.36. The summed E-state index contributed by atoms with van der Waals surface area (Å²) in [5.41, 5.74) is 2.76. The van der Waals surface area contributed by atoms with Crippen LogP contribution in [-0.4, -0.2) is 27.3 Å². The zero-order valence-electron chi connectivity index (χ0n) is 23.1. The molecule has 1 aliphatic rings. The van der Waals surface area contributed by atoms with Crippen LogP contribution in [0.15, 0.2) is 24.3 Å². The van der Waals surface area contributed by atoms with Gasteiger partial charge in [-0.3, -0.25) is 0 Å². The Morgan fingerprint density at radius 2 is 1.24 bits per heavy atom. The molecule has 0 aromatic heterocycles. The summed E-state index contributed by atoms with van der Waals surface area (Å²) in [6.07, 6.45) is 21.2. The van der Waals surface area contributed by atoms with Crippen LogP contribution < -0.4 is 0 Å². The molecule has 0 saturated heterocycles. The molecule has 0 bridgehead atoms. The summed E-state index contributed by atoms with van der Waals surface area (Å²) in [5.74, 6) is 0.710. The lowest BCUT2D eigenvalue weighted by molar-refractivity contribution is -0.365. The average molecular weight is 475 g/mol. The first-order chi connectivity index (χ1) is 16.6. The molecule has 34 heavy (non-hydrogen) atoms. The molecule has 1 aromatic carbocycles. The third-order valence-electron chi connectivity index (χ3n) is 8.25. The molecular weight excluding hydrogens is 420 g/mol. The third kappa shape index (κ3) is 8.95. The van der Waals surface area contributed by atoms with Gasteiger partial charge in [-0.1, -0.05) is 109 Å². The van der Waals surface area contributed by atoms with Crippen molar-refractivity contribution < 1.29 is 14.2 Å². The summed E-state index contributed by atoms with van der Waals surface area (Å²) < 4.78 is 17.4. The Bertz CT molecular complexity index is 606. The van der Waals surface area contributed by atoms with Gasteiger partial charge in [-0.25, -0.2) is 0 Å². The lowest BCUT2D eigenvalue weighted by Crippen LogP contribution is -2.42. The molecule has 1 aliphatic carbocycles. The fourth-order valence-corrected chi connectivity index (χ4v) is 6.00. The third-order valence-corrected chi connectivity index (χ3v) is 8.25. The molecule has 0 radical (unpaired) electrons. The van der Waals surface area contributed by atoms with Gasteiger partial charge >= 0.3 is 0 Å². The normalized spacial score (nSPS) is 19.9. The van der Waals surface area contributed by atoms with E-state index < -0.39 is 5.97 Å². The Hall–Kier alpha value is -0.900. The summed E-state index contributed by atoms with van der Waals surface area (Å²) in [7, 11) is 5.07. The van der Waals surface area contributed by atoms with Gasteiger partial charge in [0, 0.05) is 21.3 Å². The van der Waals surface area contributed by atoms with Gasteiger partial charge < -0.3 is 14.2 Å². The quantitative estimate of drug-likeness (QED) is 0.157. The maximum absolute atomic E-state index is 5.81. The van der Waals surface area contributed by atoms with E-state index in [1.165, 1.54) is 101 Å². The SMILES string of the molecule is CCCCCCCCC(c1ccc(C2CCC(CCCCCC)CC2)cc1)C(OC)(OC)OC. The molecule has 0 heterocycles. The Labute approximate surface area is 211 Å². The lowest BCUT2D eigenvalue weighted by atomic mass is 9.76. The topological polar surface area (TPSA) is 27.7 Å². The molecule has 0 spiro atoms. The van der Waals surface area contributed by atoms with E-state index in [1.54, 1.807) is 21.3 Å². The molecular formula is C31H54O3. The van der Waals surface area contributed by atoms with E-state index in [-0.39, 0.29) is 5.92 Å². The molecule has 0 amide bonds. The Morgan fingerprint density at radius 1 is 0.706 bits per heavy atom. The molecule has 0 N–H and O–H groups in total. The van der Waals surface area contributed by atoms with Crippen molar-refractivity contribution in [2.24, 2.45) is 5.92 Å². The highest BCUT2D eigenvalue weighted by molar-refractivity contribution is 5.29. The maximum Gasteiger partial charge on any atom is 0.289 e. The van der Waals surface area contributed by atoms with Gasteiger partial charge in [0.05, 0.1) is 5.92 Å². The molecule has 196 valence electrons. The number of hydrogen-bond donors (Lipinski definition) is 0. The molecule has 0 aliphatic heterocycles. The zero-order valence-corrected chi connectivity index (χ0v) is 23.1. The second-order valence-corrected chi connectivity index (χ2v) is 10.6. The van der Waals surface area contributed by atoms with Crippen molar-refractivity contribution >= 4 is 0 Å². The van der Waals surface area contributed by atoms with Gasteiger partial charge in [-0.15, -0.1) is 0 Å². The summed E-state index contributed by atoms with van der Waals surface area (Å²) in [5, 5.41) is 0. The van der Waals surface area contributed by atoms with Crippen molar-refractivity contribution in [3.05, 3.63) is 35.4 Å². The molecule has 1 aromatic rings. The molecule has 1 fully saturated rings. The molecule has 1 saturated carbocycles. The Morgan fingerprint density at radius 3 is 1.79 bits per heavy atom. The largest absolute Gasteiger partial charge is 0.330 e. The van der Waals surface area contributed by atoms with Crippen LogP contribution in [0.2, 0.25) is 0 Å². The highest BCUT2D eigenvalue weighted by atomic mass is 16.9. The number of hydrogen-bond acceptors (Lipinski definition) is 3. The van der Waals surface area contributed by atoms with Crippen LogP contribution in [-0.2, 0) is 14.2 Å². The van der Waals surface area contributed by atoms with Crippen LogP contribution in [0.3, 0.4) is 0 Å². The van der Waals surface area contributed by atoms with Gasteiger partial charge in [0.15, 0.2) is 0 Å². The van der Waals surface area contributed by atoms with Crippen LogP contribution in [0.25, 0.3) is 0 Å². The van der Waals surface area contributed by atoms with Crippen LogP contribution in [0, 0.1) is 5.92 Å². The number of benzene rings is 1. The zero-order chi connectivity index (χ0) is 24.7. The second-order valence-electron chi connectivity index (χ2n) is 10.6. The summed E-state index contributed by atoms with van der Waals surface area (Å²) in [4.78, 5) is 0. The molecule has 1 unspecified atom stereocenters. The fourth-order valence-electron chi connectivity index (χ4n) is 6.00. The van der Waals surface area contributed by atoms with Gasteiger partial charge in [0.2, 0.25) is 0 Å². The van der Waals surface area contributed by atoms with E-state index >= 15 is 0 Å². The van der Waals surface area contributed by atoms with E-state index in [1.807, 2.05) is 0 Å². The number of unbranched alkanes of at least 4 members (excludes halogenated alkanes) is 8. The van der Waals surface area contributed by atoms with Crippen LogP contribution in [0.5, 0.6) is 0 Å². The second kappa shape index (κ2) is 16.7. The first kappa shape index (κ1) is 29.3. The van der Waals surface area contributed by atoms with E-state index in [2.05, 4.69) is 38.1 Å². The minimum absolute atomic E-state index is 0.0617. The number of ether oxygens (including phenoxy) is 3. The summed E-state index contributed by atoms with van der Waals surface area (Å²) >= 11 is 0. The summed E-state index contributed by atoms with van der Waals surface area (Å²) in [6.45, 7) is 4.57. The lowest BCUT2D eigenvalue weighted by Gasteiger charge is -2.37. The van der Waals surface area contributed by atoms with Crippen molar-refractivity contribution in [3.63, 3.8) is 0 Å². The first-order valence-corrected chi connectivity index (χ1v) is 14.4. The van der Waals surface area contributed by atoms with Crippen molar-refractivity contribution in [2.45, 2.75) is 134 Å². The minimum Gasteiger partial charge on any atom is -0.330 e. The standard InChI is InChI=1S/C31H54O3/c1-6-8-10-12-13-15-17-30(31(32-3,33-4)34-5)29-24-22-28(23-25-29)27-20-18-26(19-21-27)16-14-11-9-7-2/h22-27,30H,6-21H2,1-5H3. The number of rotatable bonds is 18. The van der Waals surface area contributed by atoms with Gasteiger partial charge in [-0.05, 0) is 55.1 Å². The van der Waals surface area contributed by atoms with E-state index in [4.69, 9.17) is 14.2 Å². The molecule has 1 atom stereocenters. The van der Waals surface area contributed by atoms with Crippen molar-refractivity contribution in [1.82, 2.24) is 0 Å². The summed E-state index contributed by atoms with van der Waals surface area (Å²) in [6, 6.07) is 9.34. The van der Waals surface area contributed by atoms with Crippen molar-refractivity contribution in [1.29, 1.82) is 0 Å². The minimum atomic E-state index is -1.03. The first-order valence-electron chi connectivity index (χ1n) is 14.4. The Kier molecular flexibility index (Phi) is 14.4. The smallest absolute Gasteiger partial charge is 0.289 e. The predicted molar refractivity (Wildman–Crippen MR) is 144 cm³/mol. The molecule has 3 heteroatoms. The fraction of sp³-hybridized carbons (Fsp3) is 0.806. The van der Waals surface area contributed by atoms with Crippen LogP contribution >= 0.6 is 0 Å². The van der Waals surface area contributed by atoms with E-state index in [0.717, 1.165) is 24.7 Å². The highest BCUT2D eigenvalue weighted by Crippen LogP contribution is 2.40.